The van der Waals surface area contributed by atoms with E-state index in [0.29, 0.717) is 13.1 Å². The van der Waals surface area contributed by atoms with Gasteiger partial charge in [0.15, 0.2) is 11.8 Å². The zero-order valence-electron chi connectivity index (χ0n) is 17.7. The van der Waals surface area contributed by atoms with E-state index >= 15 is 0 Å². The average Bonchev–Trinajstić information content (AvgIpc) is 2.98. The van der Waals surface area contributed by atoms with Crippen LogP contribution in [0.25, 0.3) is 0 Å². The molecule has 0 radical (unpaired) electrons. The van der Waals surface area contributed by atoms with Crippen molar-refractivity contribution in [1.29, 1.82) is 0 Å². The maximum atomic E-state index is 10.4. The highest BCUT2D eigenvalue weighted by Crippen LogP contribution is 2.35. The summed E-state index contributed by atoms with van der Waals surface area (Å²) in [5.41, 5.74) is -0.118. The van der Waals surface area contributed by atoms with E-state index in [2.05, 4.69) is 32.7 Å². The highest BCUT2D eigenvalue weighted by atomic mass is 127. The molecular weight excluding hydrogens is 471 g/mol. The van der Waals surface area contributed by atoms with Crippen molar-refractivity contribution >= 4 is 29.9 Å². The normalized spacial score (nSPS) is 22.6. The van der Waals surface area contributed by atoms with Crippen LogP contribution in [0.3, 0.4) is 0 Å². The first-order valence-electron chi connectivity index (χ1n) is 10.1. The molecule has 1 saturated carbocycles. The van der Waals surface area contributed by atoms with Gasteiger partial charge in [-0.25, -0.2) is 4.99 Å². The molecule has 1 aromatic heterocycles. The number of aryl methyl sites for hydroxylation is 1. The number of aromatic nitrogens is 3. The van der Waals surface area contributed by atoms with E-state index in [1.807, 2.05) is 25.5 Å². The second kappa shape index (κ2) is 12.6. The number of aliphatic hydroxyl groups is 1. The molecule has 1 aliphatic rings. The van der Waals surface area contributed by atoms with Crippen LogP contribution in [0.5, 0.6) is 0 Å². The Balaban J connectivity index is 0.00000392. The first kappa shape index (κ1) is 25.1. The van der Waals surface area contributed by atoms with Crippen LogP contribution in [0.15, 0.2) is 4.99 Å². The van der Waals surface area contributed by atoms with E-state index in [-0.39, 0.29) is 35.5 Å². The van der Waals surface area contributed by atoms with Crippen LogP contribution < -0.4 is 10.6 Å². The van der Waals surface area contributed by atoms with Crippen LogP contribution in [-0.4, -0.2) is 58.2 Å². The smallest absolute Gasteiger partial charge is 0.191 e. The van der Waals surface area contributed by atoms with Crippen molar-refractivity contribution in [3.8, 4) is 0 Å². The molecular formula is C19H37IN6O2. The predicted molar refractivity (Wildman–Crippen MR) is 122 cm³/mol. The fourth-order valence-corrected chi connectivity index (χ4v) is 3.31. The van der Waals surface area contributed by atoms with Crippen molar-refractivity contribution in [3.05, 3.63) is 11.6 Å². The highest BCUT2D eigenvalue weighted by molar-refractivity contribution is 14.0. The number of ether oxygens (including phenoxy) is 1. The minimum absolute atomic E-state index is 0. The maximum absolute atomic E-state index is 10.4. The molecule has 1 aliphatic carbocycles. The Morgan fingerprint density at radius 3 is 2.79 bits per heavy atom. The van der Waals surface area contributed by atoms with Gasteiger partial charge in [0, 0.05) is 38.8 Å². The van der Waals surface area contributed by atoms with Gasteiger partial charge in [-0.3, -0.25) is 0 Å². The number of guanidine groups is 1. The summed E-state index contributed by atoms with van der Waals surface area (Å²) in [6.45, 7) is 9.49. The van der Waals surface area contributed by atoms with Gasteiger partial charge in [-0.15, -0.1) is 34.2 Å². The van der Waals surface area contributed by atoms with Crippen LogP contribution in [0.4, 0.5) is 0 Å². The summed E-state index contributed by atoms with van der Waals surface area (Å²) in [5, 5.41) is 25.5. The van der Waals surface area contributed by atoms with Gasteiger partial charge in [-0.2, -0.15) is 0 Å². The molecule has 3 N–H and O–H groups in total. The highest BCUT2D eigenvalue weighted by Gasteiger charge is 2.35. The van der Waals surface area contributed by atoms with Crippen molar-refractivity contribution in [2.45, 2.75) is 65.5 Å². The summed E-state index contributed by atoms with van der Waals surface area (Å²) in [4.78, 5) is 4.68. The predicted octanol–water partition coefficient (Wildman–Crippen LogP) is 2.14. The lowest BCUT2D eigenvalue weighted by molar-refractivity contribution is 0.00396. The molecule has 0 bridgehead atoms. The summed E-state index contributed by atoms with van der Waals surface area (Å²) in [6.07, 6.45) is 4.84. The third-order valence-corrected chi connectivity index (χ3v) is 5.46. The van der Waals surface area contributed by atoms with Gasteiger partial charge in [0.05, 0.1) is 6.10 Å². The molecule has 0 spiro atoms. The Labute approximate surface area is 186 Å². The summed E-state index contributed by atoms with van der Waals surface area (Å²) in [7, 11) is 1.95. The average molecular weight is 508 g/mol. The first-order valence-corrected chi connectivity index (χ1v) is 10.1. The summed E-state index contributed by atoms with van der Waals surface area (Å²) in [5.74, 6) is 2.44. The Morgan fingerprint density at radius 1 is 1.36 bits per heavy atom. The zero-order valence-corrected chi connectivity index (χ0v) is 20.0. The molecule has 1 heterocycles. The number of hydrogen-bond donors (Lipinski definition) is 3. The lowest BCUT2D eigenvalue weighted by Gasteiger charge is -2.38. The molecule has 8 nitrogen and oxygen atoms in total. The number of rotatable bonds is 9. The molecule has 0 aromatic carbocycles. The van der Waals surface area contributed by atoms with Crippen LogP contribution in [0.1, 0.15) is 57.6 Å². The zero-order chi connectivity index (χ0) is 19.7. The molecule has 28 heavy (non-hydrogen) atoms. The lowest BCUT2D eigenvalue weighted by Crippen LogP contribution is -2.48. The Hall–Kier alpha value is -0.940. The van der Waals surface area contributed by atoms with Crippen LogP contribution in [0, 0.1) is 12.3 Å². The summed E-state index contributed by atoms with van der Waals surface area (Å²) < 4.78 is 7.34. The SMILES string of the molecule is CCOCCCNC(=NCc1nnc(C)n1C)NCC1(C)CCCCC1O.I. The van der Waals surface area contributed by atoms with Crippen LogP contribution >= 0.6 is 24.0 Å². The quantitative estimate of drug-likeness (QED) is 0.205. The van der Waals surface area contributed by atoms with Gasteiger partial charge in [0.1, 0.15) is 12.4 Å². The third-order valence-electron chi connectivity index (χ3n) is 5.46. The minimum Gasteiger partial charge on any atom is -0.392 e. The standard InChI is InChI=1S/C19H36N6O2.HI/c1-5-27-12-8-11-20-18(21-13-17-24-23-15(2)25(17)4)22-14-19(3)10-7-6-9-16(19)26;/h16,26H,5-14H2,1-4H3,(H2,20,21,22);1H. The van der Waals surface area contributed by atoms with Gasteiger partial charge >= 0.3 is 0 Å². The van der Waals surface area contributed by atoms with Crippen LogP contribution in [-0.2, 0) is 18.3 Å². The van der Waals surface area contributed by atoms with Crippen molar-refractivity contribution in [3.63, 3.8) is 0 Å². The van der Waals surface area contributed by atoms with Crippen molar-refractivity contribution in [1.82, 2.24) is 25.4 Å². The second-order valence-corrected chi connectivity index (χ2v) is 7.63. The molecule has 0 aliphatic heterocycles. The molecule has 2 rings (SSSR count). The van der Waals surface area contributed by atoms with Gasteiger partial charge < -0.3 is 25.0 Å². The number of nitrogens with one attached hydrogen (secondary N) is 2. The number of nitrogens with zero attached hydrogens (tertiary/aromatic N) is 4. The molecule has 0 saturated heterocycles. The fourth-order valence-electron chi connectivity index (χ4n) is 3.31. The largest absolute Gasteiger partial charge is 0.392 e. The molecule has 0 amide bonds. The Kier molecular flexibility index (Phi) is 11.3. The van der Waals surface area contributed by atoms with E-state index in [4.69, 9.17) is 4.74 Å². The van der Waals surface area contributed by atoms with E-state index in [1.54, 1.807) is 0 Å². The Bertz CT molecular complexity index is 609. The molecule has 1 aromatic rings. The summed E-state index contributed by atoms with van der Waals surface area (Å²) in [6, 6.07) is 0. The van der Waals surface area contributed by atoms with Gasteiger partial charge in [-0.05, 0) is 33.1 Å². The maximum Gasteiger partial charge on any atom is 0.191 e. The van der Waals surface area contributed by atoms with Crippen molar-refractivity contribution < 1.29 is 9.84 Å². The van der Waals surface area contributed by atoms with Gasteiger partial charge in [0.25, 0.3) is 0 Å². The van der Waals surface area contributed by atoms with Crippen LogP contribution in [0.2, 0.25) is 0 Å². The monoisotopic (exact) mass is 508 g/mol. The second-order valence-electron chi connectivity index (χ2n) is 7.63. The van der Waals surface area contributed by atoms with E-state index in [0.717, 1.165) is 63.1 Å². The number of hydrogen-bond acceptors (Lipinski definition) is 5. The lowest BCUT2D eigenvalue weighted by atomic mass is 9.73. The van der Waals surface area contributed by atoms with E-state index < -0.39 is 0 Å². The molecule has 9 heteroatoms. The number of halogens is 1. The minimum atomic E-state index is -0.264. The summed E-state index contributed by atoms with van der Waals surface area (Å²) >= 11 is 0. The van der Waals surface area contributed by atoms with Gasteiger partial charge in [-0.1, -0.05) is 19.8 Å². The van der Waals surface area contributed by atoms with E-state index in [1.165, 1.54) is 6.42 Å². The Morgan fingerprint density at radius 2 is 2.14 bits per heavy atom. The molecule has 2 atom stereocenters. The third kappa shape index (κ3) is 7.47. The van der Waals surface area contributed by atoms with E-state index in [9.17, 15) is 5.11 Å². The molecule has 1 fully saturated rings. The first-order chi connectivity index (χ1) is 13.0. The number of aliphatic imine (C=N–C) groups is 1. The molecule has 2 unspecified atom stereocenters. The molecule has 162 valence electrons. The van der Waals surface area contributed by atoms with Crippen molar-refractivity contribution in [2.75, 3.05) is 26.3 Å². The topological polar surface area (TPSA) is 96.6 Å². The number of aliphatic hydroxyl groups excluding tert-OH is 1. The van der Waals surface area contributed by atoms with Crippen molar-refractivity contribution in [2.24, 2.45) is 17.5 Å². The van der Waals surface area contributed by atoms with Gasteiger partial charge in [0.2, 0.25) is 0 Å². The fraction of sp³-hybridized carbons (Fsp3) is 0.842.